The Hall–Kier alpha value is -4.16. The number of fused-ring (bicyclic) bond motifs is 1. The lowest BCUT2D eigenvalue weighted by Crippen LogP contribution is -2.39. The van der Waals surface area contributed by atoms with Crippen LogP contribution in [0.4, 0.5) is 0 Å². The van der Waals surface area contributed by atoms with E-state index < -0.39 is 0 Å². The normalized spacial score (nSPS) is 22.3. The second-order valence-electron chi connectivity index (χ2n) is 11.3. The topological polar surface area (TPSA) is 68.9 Å². The molecule has 6 rings (SSSR count). The summed E-state index contributed by atoms with van der Waals surface area (Å²) in [6.45, 7) is 2.48. The van der Waals surface area contributed by atoms with Gasteiger partial charge in [0.05, 0.1) is 27.3 Å². The molecule has 2 aromatic heterocycles. The molecule has 0 radical (unpaired) electrons. The summed E-state index contributed by atoms with van der Waals surface area (Å²) >= 11 is 6.07. The molecule has 214 valence electrons. The van der Waals surface area contributed by atoms with Crippen molar-refractivity contribution in [1.82, 2.24) is 19.4 Å². The van der Waals surface area contributed by atoms with Gasteiger partial charge in [-0.25, -0.2) is 4.79 Å². The van der Waals surface area contributed by atoms with Crippen molar-refractivity contribution in [2.24, 2.45) is 5.92 Å². The molecule has 2 aliphatic rings. The molecule has 0 aliphatic heterocycles. The average molecular weight is 579 g/mol. The van der Waals surface area contributed by atoms with Crippen molar-refractivity contribution in [3.05, 3.63) is 123 Å². The van der Waals surface area contributed by atoms with Crippen LogP contribution in [-0.4, -0.2) is 26.1 Å². The zero-order valence-corrected chi connectivity index (χ0v) is 24.6. The maximum Gasteiger partial charge on any atom is 0.333 e. The van der Waals surface area contributed by atoms with Crippen LogP contribution >= 0.6 is 11.6 Å². The number of para-hydroxylation sites is 2. The van der Waals surface area contributed by atoms with E-state index in [1.54, 1.807) is 12.3 Å². The fourth-order valence-corrected chi connectivity index (χ4v) is 6.33. The average Bonchev–Trinajstić information content (AvgIpc) is 3.26. The number of imidazole rings is 1. The minimum Gasteiger partial charge on any atom is -0.349 e. The number of allylic oxidation sites excluding steroid dienone is 6. The van der Waals surface area contributed by atoms with Crippen LogP contribution in [0, 0.1) is 12.8 Å². The van der Waals surface area contributed by atoms with Gasteiger partial charge in [-0.05, 0) is 86.8 Å². The molecular formula is C35H35ClN4O2. The predicted octanol–water partition coefficient (Wildman–Crippen LogP) is 7.42. The van der Waals surface area contributed by atoms with E-state index in [1.807, 2.05) is 46.4 Å². The Balaban J connectivity index is 1.19. The molecule has 6 nitrogen and oxygen atoms in total. The lowest BCUT2D eigenvalue weighted by atomic mass is 9.85. The van der Waals surface area contributed by atoms with Crippen molar-refractivity contribution < 1.29 is 4.79 Å². The second kappa shape index (κ2) is 12.4. The summed E-state index contributed by atoms with van der Waals surface area (Å²) < 4.78 is 3.81. The molecule has 0 spiro atoms. The molecule has 0 bridgehead atoms. The molecule has 1 N–H and O–H groups in total. The zero-order chi connectivity index (χ0) is 29.1. The van der Waals surface area contributed by atoms with Gasteiger partial charge in [0.2, 0.25) is 0 Å². The molecule has 7 heteroatoms. The van der Waals surface area contributed by atoms with Crippen LogP contribution in [0.3, 0.4) is 0 Å². The molecule has 0 unspecified atom stereocenters. The summed E-state index contributed by atoms with van der Waals surface area (Å²) in [5.74, 6) is 0.232. The number of aromatic nitrogens is 3. The number of hydrogen-bond acceptors (Lipinski definition) is 3. The van der Waals surface area contributed by atoms with Gasteiger partial charge < -0.3 is 5.32 Å². The highest BCUT2D eigenvalue weighted by Gasteiger charge is 2.26. The van der Waals surface area contributed by atoms with Gasteiger partial charge >= 0.3 is 5.69 Å². The molecule has 2 heterocycles. The Kier molecular flexibility index (Phi) is 8.24. The number of carbonyl (C=O) groups is 1. The summed E-state index contributed by atoms with van der Waals surface area (Å²) in [5.41, 5.74) is 6.33. The van der Waals surface area contributed by atoms with E-state index in [1.165, 1.54) is 11.1 Å². The van der Waals surface area contributed by atoms with Crippen LogP contribution in [0.2, 0.25) is 5.02 Å². The molecule has 2 aliphatic carbocycles. The Morgan fingerprint density at radius 3 is 2.45 bits per heavy atom. The van der Waals surface area contributed by atoms with Crippen LogP contribution in [0.1, 0.15) is 60.1 Å². The van der Waals surface area contributed by atoms with Crippen molar-refractivity contribution >= 4 is 39.8 Å². The Labute approximate surface area is 251 Å². The fourth-order valence-electron chi connectivity index (χ4n) is 6.17. The molecule has 2 aromatic carbocycles. The third-order valence-corrected chi connectivity index (χ3v) is 8.65. The van der Waals surface area contributed by atoms with E-state index >= 15 is 0 Å². The first-order valence-electron chi connectivity index (χ1n) is 14.8. The van der Waals surface area contributed by atoms with Crippen molar-refractivity contribution in [2.45, 2.75) is 58.0 Å². The monoisotopic (exact) mass is 578 g/mol. The van der Waals surface area contributed by atoms with E-state index in [0.717, 1.165) is 55.3 Å². The number of carbonyl (C=O) groups excluding carboxylic acids is 1. The summed E-state index contributed by atoms with van der Waals surface area (Å²) in [6, 6.07) is 20.2. The number of amides is 1. The van der Waals surface area contributed by atoms with Crippen molar-refractivity contribution in [3.8, 4) is 0 Å². The largest absolute Gasteiger partial charge is 0.349 e. The lowest BCUT2D eigenvalue weighted by molar-refractivity contribution is 0.0919. The van der Waals surface area contributed by atoms with Crippen LogP contribution in [0.25, 0.3) is 22.3 Å². The predicted molar refractivity (Wildman–Crippen MR) is 170 cm³/mol. The number of nitrogens with zero attached hydrogens (tertiary/aromatic N) is 3. The first-order chi connectivity index (χ1) is 20.5. The smallest absolute Gasteiger partial charge is 0.333 e. The van der Waals surface area contributed by atoms with E-state index in [-0.39, 0.29) is 17.6 Å². The lowest BCUT2D eigenvalue weighted by Gasteiger charge is -2.29. The maximum absolute atomic E-state index is 14.0. The van der Waals surface area contributed by atoms with Gasteiger partial charge in [0.1, 0.15) is 0 Å². The van der Waals surface area contributed by atoms with Crippen LogP contribution in [-0.2, 0) is 6.54 Å². The van der Waals surface area contributed by atoms with Crippen LogP contribution in [0.15, 0.2) is 96.0 Å². The van der Waals surface area contributed by atoms with Gasteiger partial charge in [-0.15, -0.1) is 0 Å². The number of aryl methyl sites for hydroxylation is 1. The summed E-state index contributed by atoms with van der Waals surface area (Å²) in [7, 11) is 0. The highest BCUT2D eigenvalue weighted by molar-refractivity contribution is 6.30. The van der Waals surface area contributed by atoms with Gasteiger partial charge in [0.15, 0.2) is 0 Å². The van der Waals surface area contributed by atoms with Crippen LogP contribution in [0.5, 0.6) is 0 Å². The third-order valence-electron chi connectivity index (χ3n) is 8.44. The first-order valence-corrected chi connectivity index (χ1v) is 15.1. The Morgan fingerprint density at radius 2 is 1.67 bits per heavy atom. The van der Waals surface area contributed by atoms with E-state index in [0.29, 0.717) is 28.7 Å². The molecule has 1 amide bonds. The Morgan fingerprint density at radius 1 is 0.952 bits per heavy atom. The Bertz CT molecular complexity index is 1750. The van der Waals surface area contributed by atoms with Crippen molar-refractivity contribution in [3.63, 3.8) is 0 Å². The fraction of sp³-hybridized carbons (Fsp3) is 0.286. The minimum absolute atomic E-state index is 0.00253. The highest BCUT2D eigenvalue weighted by Crippen LogP contribution is 2.29. The van der Waals surface area contributed by atoms with Gasteiger partial charge in [-0.1, -0.05) is 72.3 Å². The standard InChI is InChI=1S/C35H35ClN4O2/c1-24-31(21-28(36)22-37-24)34(41)38-29-18-15-25(16-19-29)23-39-32-13-7-8-14-33(32)40(35(39)42)30-12-6-5-11-27(17-20-30)26-9-3-2-4-10-26/h2-4,7-14,17,20-22,25,29H,5-6,15-16,18-19,23H2,1H3,(H,38,41)/b20-17-,27-11-,30-12+/t25-,29-. The zero-order valence-electron chi connectivity index (χ0n) is 23.8. The molecular weight excluding hydrogens is 544 g/mol. The third kappa shape index (κ3) is 5.90. The molecule has 4 aromatic rings. The maximum atomic E-state index is 14.0. The SMILES string of the molecule is Cc1ncc(Cl)cc1C(=O)N[C@H]1CC[C@H](Cn2c(=O)n(C3=C/CC/C=C(c4ccccc4)/C=C\3)c3ccccc32)CC1. The van der Waals surface area contributed by atoms with Gasteiger partial charge in [0, 0.05) is 24.5 Å². The summed E-state index contributed by atoms with van der Waals surface area (Å²) in [4.78, 5) is 31.1. The molecule has 1 saturated carbocycles. The molecule has 42 heavy (non-hydrogen) atoms. The summed E-state index contributed by atoms with van der Waals surface area (Å²) in [5, 5.41) is 3.63. The number of halogens is 1. The molecule has 0 atom stereocenters. The van der Waals surface area contributed by atoms with Gasteiger partial charge in [-0.2, -0.15) is 0 Å². The van der Waals surface area contributed by atoms with Crippen molar-refractivity contribution in [2.75, 3.05) is 0 Å². The number of hydrogen-bond donors (Lipinski definition) is 1. The second-order valence-corrected chi connectivity index (χ2v) is 11.7. The quantitative estimate of drug-likeness (QED) is 0.259. The molecule has 0 saturated heterocycles. The first kappa shape index (κ1) is 28.0. The number of benzene rings is 2. The van der Waals surface area contributed by atoms with E-state index in [4.69, 9.17) is 11.6 Å². The number of rotatable bonds is 6. The highest BCUT2D eigenvalue weighted by atomic mass is 35.5. The van der Waals surface area contributed by atoms with Gasteiger partial charge in [-0.3, -0.25) is 18.9 Å². The minimum atomic E-state index is -0.129. The van der Waals surface area contributed by atoms with Crippen LogP contribution < -0.4 is 11.0 Å². The molecule has 1 fully saturated rings. The number of nitrogens with one attached hydrogen (secondary N) is 1. The van der Waals surface area contributed by atoms with E-state index in [9.17, 15) is 9.59 Å². The number of pyridine rings is 1. The summed E-state index contributed by atoms with van der Waals surface area (Å²) in [6.07, 6.45) is 15.6. The van der Waals surface area contributed by atoms with E-state index in [2.05, 4.69) is 58.9 Å². The van der Waals surface area contributed by atoms with Crippen molar-refractivity contribution in [1.29, 1.82) is 0 Å². The van der Waals surface area contributed by atoms with Gasteiger partial charge in [0.25, 0.3) is 5.91 Å².